The first-order valence-electron chi connectivity index (χ1n) is 11.4. The molecule has 0 saturated heterocycles. The minimum absolute atomic E-state index is 0.302. The molecule has 0 unspecified atom stereocenters. The molecule has 34 heavy (non-hydrogen) atoms. The van der Waals surface area contributed by atoms with Crippen molar-refractivity contribution in [1.82, 2.24) is 0 Å². The van der Waals surface area contributed by atoms with Crippen LogP contribution in [0.5, 0.6) is 0 Å². The lowest BCUT2D eigenvalue weighted by Gasteiger charge is -2.24. The van der Waals surface area contributed by atoms with E-state index < -0.39 is 9.84 Å². The molecule has 0 bridgehead atoms. The monoisotopic (exact) mass is 471 g/mol. The van der Waals surface area contributed by atoms with Crippen molar-refractivity contribution >= 4 is 43.5 Å². The van der Waals surface area contributed by atoms with E-state index in [1.54, 1.807) is 36.4 Å². The Balaban J connectivity index is 0.00000133. The molecule has 0 atom stereocenters. The van der Waals surface area contributed by atoms with Crippen LogP contribution in [0.3, 0.4) is 0 Å². The van der Waals surface area contributed by atoms with Crippen molar-refractivity contribution in [3.8, 4) is 0 Å². The Bertz CT molecular complexity index is 1440. The standard InChI is InChI=1S/C26H23N3O2S.C2H6/c1-18-27-23-10-6-9-22-25(16-15-24(28-18)26(22)23)29(2)17-19-11-13-21(14-12-19)32(30,31)20-7-4-3-5-8-20;1-2/h3-16H,17H2,1-2H3,(H,27,28);1-2H3. The van der Waals surface area contributed by atoms with Gasteiger partial charge in [0.1, 0.15) is 5.84 Å². The molecule has 0 fully saturated rings. The molecule has 1 N–H and O–H groups in total. The fourth-order valence-corrected chi connectivity index (χ4v) is 5.46. The summed E-state index contributed by atoms with van der Waals surface area (Å²) in [6, 6.07) is 26.0. The molecule has 1 aliphatic heterocycles. The van der Waals surface area contributed by atoms with Crippen molar-refractivity contribution in [3.63, 3.8) is 0 Å². The SMILES string of the molecule is CC.CC1=Nc2ccc(N(C)Cc3ccc(S(=O)(=O)c4ccccc4)cc3)c3cccc(c23)N1. The molecule has 174 valence electrons. The first kappa shape index (κ1) is 23.5. The lowest BCUT2D eigenvalue weighted by molar-refractivity contribution is 0.596. The van der Waals surface area contributed by atoms with Gasteiger partial charge in [-0.1, -0.05) is 56.3 Å². The van der Waals surface area contributed by atoms with E-state index in [1.807, 2.05) is 52.1 Å². The van der Waals surface area contributed by atoms with E-state index in [9.17, 15) is 8.42 Å². The molecule has 0 aromatic heterocycles. The summed E-state index contributed by atoms with van der Waals surface area (Å²) in [5.41, 5.74) is 4.17. The van der Waals surface area contributed by atoms with E-state index in [4.69, 9.17) is 0 Å². The van der Waals surface area contributed by atoms with Gasteiger partial charge in [-0.25, -0.2) is 13.4 Å². The number of aliphatic imine (C=N–C) groups is 1. The van der Waals surface area contributed by atoms with Crippen LogP contribution in [0, 0.1) is 0 Å². The highest BCUT2D eigenvalue weighted by Crippen LogP contribution is 2.40. The van der Waals surface area contributed by atoms with Gasteiger partial charge in [0.2, 0.25) is 9.84 Å². The molecular formula is C28H29N3O2S. The van der Waals surface area contributed by atoms with E-state index in [0.29, 0.717) is 16.3 Å². The zero-order valence-electron chi connectivity index (χ0n) is 19.9. The zero-order chi connectivity index (χ0) is 24.3. The number of sulfone groups is 1. The highest BCUT2D eigenvalue weighted by molar-refractivity contribution is 7.91. The van der Waals surface area contributed by atoms with Gasteiger partial charge in [-0.15, -0.1) is 0 Å². The number of nitrogens with one attached hydrogen (secondary N) is 1. The second kappa shape index (κ2) is 9.69. The molecular weight excluding hydrogens is 442 g/mol. The summed E-state index contributed by atoms with van der Waals surface area (Å²) in [6.45, 7) is 6.61. The topological polar surface area (TPSA) is 61.8 Å². The molecule has 4 aromatic carbocycles. The smallest absolute Gasteiger partial charge is 0.206 e. The Kier molecular flexibility index (Phi) is 6.70. The maximum atomic E-state index is 12.8. The largest absolute Gasteiger partial charge is 0.370 e. The summed E-state index contributed by atoms with van der Waals surface area (Å²) < 4.78 is 25.7. The fourth-order valence-electron chi connectivity index (χ4n) is 4.18. The average Bonchev–Trinajstić information content (AvgIpc) is 2.86. The minimum Gasteiger partial charge on any atom is -0.370 e. The van der Waals surface area contributed by atoms with E-state index in [2.05, 4.69) is 39.5 Å². The number of rotatable bonds is 5. The summed E-state index contributed by atoms with van der Waals surface area (Å²) in [5, 5.41) is 5.60. The third-order valence-corrected chi connectivity index (χ3v) is 7.50. The van der Waals surface area contributed by atoms with E-state index in [1.165, 1.54) is 0 Å². The van der Waals surface area contributed by atoms with Crippen LogP contribution in [0.2, 0.25) is 0 Å². The van der Waals surface area contributed by atoms with Gasteiger partial charge in [-0.2, -0.15) is 0 Å². The number of hydrogen-bond acceptors (Lipinski definition) is 5. The quantitative estimate of drug-likeness (QED) is 0.347. The molecule has 0 radical (unpaired) electrons. The van der Waals surface area contributed by atoms with Gasteiger partial charge in [-0.3, -0.25) is 0 Å². The van der Waals surface area contributed by atoms with E-state index in [0.717, 1.165) is 39.2 Å². The van der Waals surface area contributed by atoms with Crippen molar-refractivity contribution in [2.24, 2.45) is 4.99 Å². The Morgan fingerprint density at radius 1 is 0.824 bits per heavy atom. The number of anilines is 2. The van der Waals surface area contributed by atoms with Crippen LogP contribution < -0.4 is 10.2 Å². The highest BCUT2D eigenvalue weighted by atomic mass is 32.2. The van der Waals surface area contributed by atoms with Gasteiger partial charge in [-0.05, 0) is 55.0 Å². The van der Waals surface area contributed by atoms with Crippen molar-refractivity contribution < 1.29 is 8.42 Å². The summed E-state index contributed by atoms with van der Waals surface area (Å²) >= 11 is 0. The molecule has 5 rings (SSSR count). The van der Waals surface area contributed by atoms with Crippen LogP contribution >= 0.6 is 0 Å². The lowest BCUT2D eigenvalue weighted by Crippen LogP contribution is -2.17. The Morgan fingerprint density at radius 3 is 2.21 bits per heavy atom. The van der Waals surface area contributed by atoms with Crippen LogP contribution in [0.15, 0.2) is 99.7 Å². The molecule has 4 aromatic rings. The van der Waals surface area contributed by atoms with Crippen LogP contribution in [-0.4, -0.2) is 21.3 Å². The van der Waals surface area contributed by atoms with E-state index >= 15 is 0 Å². The molecule has 0 aliphatic carbocycles. The molecule has 1 aliphatic rings. The number of hydrogen-bond donors (Lipinski definition) is 1. The Labute approximate surface area is 201 Å². The number of benzene rings is 4. The Morgan fingerprint density at radius 2 is 1.50 bits per heavy atom. The molecule has 0 saturated carbocycles. The molecule has 0 spiro atoms. The van der Waals surface area contributed by atoms with Gasteiger partial charge in [0.25, 0.3) is 0 Å². The van der Waals surface area contributed by atoms with Crippen molar-refractivity contribution in [1.29, 1.82) is 0 Å². The van der Waals surface area contributed by atoms with Crippen LogP contribution in [-0.2, 0) is 16.4 Å². The maximum absolute atomic E-state index is 12.8. The lowest BCUT2D eigenvalue weighted by atomic mass is 10.0. The van der Waals surface area contributed by atoms with Gasteiger partial charge in [0.05, 0.1) is 15.5 Å². The van der Waals surface area contributed by atoms with E-state index in [-0.39, 0.29) is 0 Å². The van der Waals surface area contributed by atoms with Crippen LogP contribution in [0.1, 0.15) is 26.3 Å². The van der Waals surface area contributed by atoms with Gasteiger partial charge < -0.3 is 10.2 Å². The molecule has 5 nitrogen and oxygen atoms in total. The summed E-state index contributed by atoms with van der Waals surface area (Å²) in [5.74, 6) is 0.886. The molecule has 0 amide bonds. The normalized spacial score (nSPS) is 12.3. The third kappa shape index (κ3) is 4.41. The van der Waals surface area contributed by atoms with Crippen molar-refractivity contribution in [2.45, 2.75) is 37.1 Å². The minimum atomic E-state index is -3.51. The zero-order valence-corrected chi connectivity index (χ0v) is 20.7. The summed E-state index contributed by atoms with van der Waals surface area (Å²) in [6.07, 6.45) is 0. The maximum Gasteiger partial charge on any atom is 0.206 e. The van der Waals surface area contributed by atoms with Gasteiger partial charge >= 0.3 is 0 Å². The first-order chi connectivity index (χ1) is 16.4. The van der Waals surface area contributed by atoms with Gasteiger partial charge in [0.15, 0.2) is 0 Å². The summed E-state index contributed by atoms with van der Waals surface area (Å²) in [7, 11) is -1.46. The van der Waals surface area contributed by atoms with Crippen LogP contribution in [0.4, 0.5) is 17.1 Å². The molecule has 1 heterocycles. The second-order valence-corrected chi connectivity index (χ2v) is 9.92. The fraction of sp³-hybridized carbons (Fsp3) is 0.179. The van der Waals surface area contributed by atoms with Crippen molar-refractivity contribution in [3.05, 3.63) is 90.5 Å². The van der Waals surface area contributed by atoms with Gasteiger partial charge in [0, 0.05) is 35.7 Å². The predicted octanol–water partition coefficient (Wildman–Crippen LogP) is 6.81. The first-order valence-corrected chi connectivity index (χ1v) is 12.9. The number of amidine groups is 1. The Hall–Kier alpha value is -3.64. The molecule has 6 heteroatoms. The summed E-state index contributed by atoms with van der Waals surface area (Å²) in [4.78, 5) is 7.42. The average molecular weight is 472 g/mol. The predicted molar refractivity (Wildman–Crippen MR) is 142 cm³/mol. The van der Waals surface area contributed by atoms with Crippen molar-refractivity contribution in [2.75, 3.05) is 17.3 Å². The second-order valence-electron chi connectivity index (χ2n) is 7.97. The third-order valence-electron chi connectivity index (χ3n) is 5.72. The van der Waals surface area contributed by atoms with Crippen LogP contribution in [0.25, 0.3) is 10.8 Å². The number of nitrogens with zero attached hydrogens (tertiary/aromatic N) is 2. The highest BCUT2D eigenvalue weighted by Gasteiger charge is 2.18.